The lowest BCUT2D eigenvalue weighted by molar-refractivity contribution is -0.128. The smallest absolute Gasteiger partial charge is 0.245 e. The topological polar surface area (TPSA) is 88.0 Å². The molecule has 1 heterocycles. The Kier molecular flexibility index (Phi) is 8.92. The van der Waals surface area contributed by atoms with Crippen LogP contribution in [-0.4, -0.2) is 33.4 Å². The molecular formula is C29H33F4N5O2. The molecule has 40 heavy (non-hydrogen) atoms. The summed E-state index contributed by atoms with van der Waals surface area (Å²) in [5.74, 6) is -3.11. The van der Waals surface area contributed by atoms with E-state index in [2.05, 4.69) is 20.9 Å². The summed E-state index contributed by atoms with van der Waals surface area (Å²) in [7, 11) is 0. The van der Waals surface area contributed by atoms with Crippen molar-refractivity contribution in [2.75, 3.05) is 5.32 Å². The number of hydrogen-bond donors (Lipinski definition) is 3. The van der Waals surface area contributed by atoms with Crippen molar-refractivity contribution in [3.8, 4) is 0 Å². The van der Waals surface area contributed by atoms with Crippen LogP contribution in [0.25, 0.3) is 0 Å². The Bertz CT molecular complexity index is 1390. The molecule has 1 aliphatic rings. The summed E-state index contributed by atoms with van der Waals surface area (Å²) in [5.41, 5.74) is 0.149. The van der Waals surface area contributed by atoms with Crippen molar-refractivity contribution in [2.45, 2.75) is 77.0 Å². The molecule has 2 atom stereocenters. The molecule has 0 aliphatic heterocycles. The highest BCUT2D eigenvalue weighted by Crippen LogP contribution is 2.26. The van der Waals surface area contributed by atoms with Gasteiger partial charge in [-0.3, -0.25) is 9.59 Å². The highest BCUT2D eigenvalue weighted by Gasteiger charge is 2.31. The van der Waals surface area contributed by atoms with Crippen LogP contribution in [0.4, 0.5) is 23.4 Å². The van der Waals surface area contributed by atoms with Crippen molar-refractivity contribution >= 4 is 17.6 Å². The zero-order valence-corrected chi connectivity index (χ0v) is 22.7. The molecule has 0 radical (unpaired) electrons. The number of amides is 2. The van der Waals surface area contributed by atoms with Gasteiger partial charge in [-0.1, -0.05) is 19.4 Å². The fraction of sp³-hybridized carbons (Fsp3) is 0.414. The second kappa shape index (κ2) is 12.2. The predicted molar refractivity (Wildman–Crippen MR) is 142 cm³/mol. The van der Waals surface area contributed by atoms with Gasteiger partial charge in [-0.15, -0.1) is 0 Å². The third-order valence-electron chi connectivity index (χ3n) is 7.29. The van der Waals surface area contributed by atoms with Crippen LogP contribution in [0.1, 0.15) is 56.7 Å². The number of halogens is 4. The monoisotopic (exact) mass is 559 g/mol. The maximum absolute atomic E-state index is 14.3. The second-order valence-corrected chi connectivity index (χ2v) is 10.6. The lowest BCUT2D eigenvalue weighted by atomic mass is 9.87. The number of fused-ring (bicyclic) bond motifs is 1. The zero-order chi connectivity index (χ0) is 29.0. The lowest BCUT2D eigenvalue weighted by Gasteiger charge is -2.29. The average molecular weight is 560 g/mol. The maximum atomic E-state index is 14.3. The Morgan fingerprint density at radius 2 is 1.85 bits per heavy atom. The largest absolute Gasteiger partial charge is 0.350 e. The summed E-state index contributed by atoms with van der Waals surface area (Å²) in [6, 6.07) is 4.68. The van der Waals surface area contributed by atoms with Gasteiger partial charge in [0.1, 0.15) is 28.8 Å². The molecule has 3 N–H and O–H groups in total. The van der Waals surface area contributed by atoms with E-state index in [1.807, 2.05) is 6.92 Å². The average Bonchev–Trinajstić information content (AvgIpc) is 3.37. The molecule has 7 nitrogen and oxygen atoms in total. The van der Waals surface area contributed by atoms with Crippen LogP contribution in [0.3, 0.4) is 0 Å². The number of carbonyl (C=O) groups is 2. The number of nitrogens with zero attached hydrogens (tertiary/aromatic N) is 2. The van der Waals surface area contributed by atoms with E-state index in [0.717, 1.165) is 24.6 Å². The summed E-state index contributed by atoms with van der Waals surface area (Å²) in [4.78, 5) is 30.3. The Morgan fingerprint density at radius 3 is 2.58 bits per heavy atom. The number of aryl methyl sites for hydroxylation is 1. The minimum atomic E-state index is -1.13. The standard InChI is InChI=1S/C29H33F4N5O2/c1-4-5-25(36-21-9-7-17-10-20(31)12-24(33)22(17)13-21)27(39)37-26-15-38(16-35-26)29(2,3)28(40)34-14-18-6-8-19(30)11-23(18)32/h6,8,10-12,15-16,21,25,36H,4-5,7,9,13-14H2,1-3H3,(H,34,40)(H,37,39)/t21-,25-/m0/s1. The van der Waals surface area contributed by atoms with Crippen molar-refractivity contribution in [1.29, 1.82) is 0 Å². The van der Waals surface area contributed by atoms with Crippen LogP contribution in [0, 0.1) is 23.3 Å². The van der Waals surface area contributed by atoms with Crippen molar-refractivity contribution in [1.82, 2.24) is 20.2 Å². The molecule has 1 aliphatic carbocycles. The van der Waals surface area contributed by atoms with Crippen LogP contribution >= 0.6 is 0 Å². The van der Waals surface area contributed by atoms with Crippen molar-refractivity contribution in [3.63, 3.8) is 0 Å². The fourth-order valence-electron chi connectivity index (χ4n) is 4.87. The number of rotatable bonds is 10. The number of nitrogens with one attached hydrogen (secondary N) is 3. The first-order chi connectivity index (χ1) is 19.0. The maximum Gasteiger partial charge on any atom is 0.245 e. The Hall–Kier alpha value is -3.73. The molecule has 3 aromatic rings. The van der Waals surface area contributed by atoms with Crippen LogP contribution < -0.4 is 16.0 Å². The summed E-state index contributed by atoms with van der Waals surface area (Å²) in [6.45, 7) is 5.11. The Balaban J connectivity index is 1.37. The first-order valence-electron chi connectivity index (χ1n) is 13.3. The normalized spacial score (nSPS) is 15.8. The molecule has 0 spiro atoms. The van der Waals surface area contributed by atoms with Gasteiger partial charge in [0.25, 0.3) is 0 Å². The van der Waals surface area contributed by atoms with Gasteiger partial charge in [0.2, 0.25) is 11.8 Å². The summed E-state index contributed by atoms with van der Waals surface area (Å²) in [6.07, 6.45) is 5.71. The van der Waals surface area contributed by atoms with E-state index in [0.29, 0.717) is 36.8 Å². The first-order valence-corrected chi connectivity index (χ1v) is 13.3. The van der Waals surface area contributed by atoms with Crippen LogP contribution in [0.5, 0.6) is 0 Å². The van der Waals surface area contributed by atoms with Crippen LogP contribution in [0.15, 0.2) is 42.9 Å². The van der Waals surface area contributed by atoms with E-state index in [9.17, 15) is 27.2 Å². The molecule has 2 amide bonds. The minimum absolute atomic E-state index is 0.123. The molecular weight excluding hydrogens is 526 g/mol. The van der Waals surface area contributed by atoms with Gasteiger partial charge in [-0.05, 0) is 62.8 Å². The van der Waals surface area contributed by atoms with Gasteiger partial charge in [-0.25, -0.2) is 22.5 Å². The quantitative estimate of drug-likeness (QED) is 0.313. The second-order valence-electron chi connectivity index (χ2n) is 10.6. The number of aromatic nitrogens is 2. The molecule has 2 aromatic carbocycles. The van der Waals surface area contributed by atoms with Crippen molar-refractivity contribution in [3.05, 3.63) is 82.8 Å². The van der Waals surface area contributed by atoms with Gasteiger partial charge in [0.15, 0.2) is 5.82 Å². The van der Waals surface area contributed by atoms with E-state index < -0.39 is 40.8 Å². The predicted octanol–water partition coefficient (Wildman–Crippen LogP) is 4.75. The number of carbonyl (C=O) groups excluding carboxylic acids is 2. The molecule has 0 saturated carbocycles. The SMILES string of the molecule is CCC[C@H](N[C@H]1CCc2cc(F)cc(F)c2C1)C(=O)Nc1cn(C(C)(C)C(=O)NCc2ccc(F)cc2F)cn1. The molecule has 0 fully saturated rings. The number of imidazole rings is 1. The molecule has 0 bridgehead atoms. The van der Waals surface area contributed by atoms with Crippen LogP contribution in [0.2, 0.25) is 0 Å². The summed E-state index contributed by atoms with van der Waals surface area (Å²) in [5, 5.41) is 8.76. The molecule has 1 aromatic heterocycles. The summed E-state index contributed by atoms with van der Waals surface area (Å²) >= 11 is 0. The zero-order valence-electron chi connectivity index (χ0n) is 22.7. The van der Waals surface area contributed by atoms with Gasteiger partial charge >= 0.3 is 0 Å². The van der Waals surface area contributed by atoms with Gasteiger partial charge in [0.05, 0.1) is 12.4 Å². The van der Waals surface area contributed by atoms with Crippen LogP contribution in [-0.2, 0) is 34.5 Å². The van der Waals surface area contributed by atoms with E-state index in [1.165, 1.54) is 29.2 Å². The first kappa shape index (κ1) is 29.3. The van der Waals surface area contributed by atoms with Crippen molar-refractivity contribution < 1.29 is 27.2 Å². The molecule has 214 valence electrons. The Morgan fingerprint density at radius 1 is 1.10 bits per heavy atom. The lowest BCUT2D eigenvalue weighted by Crippen LogP contribution is -2.48. The molecule has 0 saturated heterocycles. The third kappa shape index (κ3) is 6.70. The van der Waals surface area contributed by atoms with Crippen molar-refractivity contribution in [2.24, 2.45) is 0 Å². The molecule has 11 heteroatoms. The Labute approximate surface area is 230 Å². The highest BCUT2D eigenvalue weighted by atomic mass is 19.1. The van der Waals surface area contributed by atoms with Gasteiger partial charge < -0.3 is 20.5 Å². The highest BCUT2D eigenvalue weighted by molar-refractivity contribution is 5.94. The van der Waals surface area contributed by atoms with E-state index in [1.54, 1.807) is 13.8 Å². The molecule has 0 unspecified atom stereocenters. The number of anilines is 1. The van der Waals surface area contributed by atoms with E-state index in [4.69, 9.17) is 0 Å². The number of benzene rings is 2. The van der Waals surface area contributed by atoms with Gasteiger partial charge in [-0.2, -0.15) is 0 Å². The minimum Gasteiger partial charge on any atom is -0.350 e. The summed E-state index contributed by atoms with van der Waals surface area (Å²) < 4.78 is 56.5. The van der Waals surface area contributed by atoms with Gasteiger partial charge in [0, 0.05) is 36.5 Å². The third-order valence-corrected chi connectivity index (χ3v) is 7.29. The van der Waals surface area contributed by atoms with E-state index in [-0.39, 0.29) is 29.9 Å². The number of hydrogen-bond acceptors (Lipinski definition) is 4. The fourth-order valence-corrected chi connectivity index (χ4v) is 4.87. The van der Waals surface area contributed by atoms with E-state index >= 15 is 0 Å². The molecule has 4 rings (SSSR count).